The first-order chi connectivity index (χ1) is 16.5. The summed E-state index contributed by atoms with van der Waals surface area (Å²) >= 11 is 6.22. The van der Waals surface area contributed by atoms with Crippen molar-refractivity contribution in [3.05, 3.63) is 57.6 Å². The summed E-state index contributed by atoms with van der Waals surface area (Å²) in [5, 5.41) is 2.80. The molecule has 3 amide bonds. The molecule has 0 saturated carbocycles. The van der Waals surface area contributed by atoms with Gasteiger partial charge in [0.05, 0.1) is 28.1 Å². The maximum Gasteiger partial charge on any atom is 0.416 e. The van der Waals surface area contributed by atoms with Crippen LogP contribution >= 0.6 is 11.6 Å². The lowest BCUT2D eigenvalue weighted by molar-refractivity contribution is -0.137. The molecule has 0 aliphatic carbocycles. The summed E-state index contributed by atoms with van der Waals surface area (Å²) in [6, 6.07) is 6.01. The first-order valence-corrected chi connectivity index (χ1v) is 11.8. The number of nitrogens with zero attached hydrogens (tertiary/aromatic N) is 2. The maximum atomic E-state index is 14.0. The van der Waals surface area contributed by atoms with E-state index in [1.807, 2.05) is 30.9 Å². The quantitative estimate of drug-likeness (QED) is 0.585. The smallest absolute Gasteiger partial charge is 0.324 e. The first kappa shape index (κ1) is 22.5. The van der Waals surface area contributed by atoms with E-state index in [4.69, 9.17) is 11.6 Å². The van der Waals surface area contributed by atoms with Crippen molar-refractivity contribution < 1.29 is 27.6 Å². The zero-order valence-electron chi connectivity index (χ0n) is 18.9. The lowest BCUT2D eigenvalue weighted by atomic mass is 9.75. The maximum absolute atomic E-state index is 14.0. The number of benzene rings is 2. The van der Waals surface area contributed by atoms with Crippen LogP contribution in [0.2, 0.25) is 5.02 Å². The standard InChI is InChI=1S/C25H21ClF3N3O3/c1-11-8-12(2)20-14(9-11)24(23(35)30-20)19-18(16-4-3-7-31(16)24)21(33)32(22(19)34)17-10-13(25(27,28)29)5-6-15(17)26/h5-6,8-10,16,18-19H,3-4,7H2,1-2H3,(H,30,35)/t16-,18-,19-,24+/m0/s1. The van der Waals surface area contributed by atoms with Gasteiger partial charge >= 0.3 is 6.18 Å². The number of carbonyl (C=O) groups excluding carboxylic acids is 3. The molecule has 1 spiro atoms. The minimum atomic E-state index is -4.68. The summed E-state index contributed by atoms with van der Waals surface area (Å²) in [5.74, 6) is -3.60. The van der Waals surface area contributed by atoms with Gasteiger partial charge in [-0.1, -0.05) is 29.3 Å². The number of fused-ring (bicyclic) bond motifs is 7. The molecule has 0 bridgehead atoms. The van der Waals surface area contributed by atoms with Crippen LogP contribution in [0.25, 0.3) is 0 Å². The Bertz CT molecular complexity index is 1340. The number of imide groups is 1. The van der Waals surface area contributed by atoms with Crippen molar-refractivity contribution in [3.8, 4) is 0 Å². The van der Waals surface area contributed by atoms with E-state index in [0.717, 1.165) is 40.6 Å². The van der Waals surface area contributed by atoms with Gasteiger partial charge in [-0.3, -0.25) is 19.3 Å². The summed E-state index contributed by atoms with van der Waals surface area (Å²) in [7, 11) is 0. The Kier molecular flexibility index (Phi) is 4.56. The lowest BCUT2D eigenvalue weighted by Gasteiger charge is -2.37. The zero-order chi connectivity index (χ0) is 25.0. The molecule has 4 aliphatic rings. The van der Waals surface area contributed by atoms with E-state index < -0.39 is 40.9 Å². The third kappa shape index (κ3) is 2.73. The average molecular weight is 504 g/mol. The van der Waals surface area contributed by atoms with Gasteiger partial charge in [-0.25, -0.2) is 4.90 Å². The van der Waals surface area contributed by atoms with Crippen LogP contribution in [0.1, 0.15) is 35.1 Å². The largest absolute Gasteiger partial charge is 0.416 e. The second-order valence-corrected chi connectivity index (χ2v) is 10.2. The molecule has 1 N–H and O–H groups in total. The van der Waals surface area contributed by atoms with Crippen LogP contribution < -0.4 is 10.2 Å². The van der Waals surface area contributed by atoms with Gasteiger partial charge in [0.2, 0.25) is 17.7 Å². The number of anilines is 2. The van der Waals surface area contributed by atoms with Gasteiger partial charge in [-0.2, -0.15) is 13.2 Å². The highest BCUT2D eigenvalue weighted by molar-refractivity contribution is 6.36. The van der Waals surface area contributed by atoms with Gasteiger partial charge < -0.3 is 5.32 Å². The third-order valence-electron chi connectivity index (χ3n) is 7.96. The summed E-state index contributed by atoms with van der Waals surface area (Å²) in [5.41, 5.74) is 0.324. The minimum Gasteiger partial charge on any atom is -0.324 e. The molecule has 0 aromatic heterocycles. The third-order valence-corrected chi connectivity index (χ3v) is 8.28. The number of halogens is 4. The molecule has 3 fully saturated rings. The molecule has 0 unspecified atom stereocenters. The molecule has 4 aliphatic heterocycles. The number of nitrogens with one attached hydrogen (secondary N) is 1. The van der Waals surface area contributed by atoms with E-state index in [0.29, 0.717) is 24.2 Å². The van der Waals surface area contributed by atoms with E-state index in [9.17, 15) is 27.6 Å². The molecule has 3 saturated heterocycles. The Morgan fingerprint density at radius 1 is 1.09 bits per heavy atom. The van der Waals surface area contributed by atoms with Gasteiger partial charge in [-0.15, -0.1) is 0 Å². The Labute approximate surface area is 204 Å². The molecule has 2 aromatic carbocycles. The van der Waals surface area contributed by atoms with Gasteiger partial charge in [0.15, 0.2) is 0 Å². The highest BCUT2D eigenvalue weighted by Crippen LogP contribution is 2.61. The van der Waals surface area contributed by atoms with E-state index in [2.05, 4.69) is 5.32 Å². The molecule has 4 heterocycles. The van der Waals surface area contributed by atoms with E-state index in [1.165, 1.54) is 0 Å². The molecule has 4 atom stereocenters. The fourth-order valence-corrected chi connectivity index (χ4v) is 6.96. The predicted octanol–water partition coefficient (Wildman–Crippen LogP) is 4.41. The molecular formula is C25H21ClF3N3O3. The van der Waals surface area contributed by atoms with Crippen molar-refractivity contribution >= 4 is 40.7 Å². The molecule has 10 heteroatoms. The number of hydrogen-bond acceptors (Lipinski definition) is 4. The monoisotopic (exact) mass is 503 g/mol. The van der Waals surface area contributed by atoms with E-state index in [1.54, 1.807) is 0 Å². The number of hydrogen-bond donors (Lipinski definition) is 1. The lowest BCUT2D eigenvalue weighted by Crippen LogP contribution is -2.54. The van der Waals surface area contributed by atoms with Gasteiger partial charge in [-0.05, 0) is 57.0 Å². The molecular weight excluding hydrogens is 483 g/mol. The predicted molar refractivity (Wildman–Crippen MR) is 122 cm³/mol. The second kappa shape index (κ2) is 7.07. The Morgan fingerprint density at radius 2 is 1.83 bits per heavy atom. The minimum absolute atomic E-state index is 0.139. The Hall–Kier alpha value is -2.91. The van der Waals surface area contributed by atoms with Crippen LogP contribution in [-0.4, -0.2) is 35.2 Å². The van der Waals surface area contributed by atoms with Crippen LogP contribution in [0, 0.1) is 25.7 Å². The fraction of sp³-hybridized carbons (Fsp3) is 0.400. The fourth-order valence-electron chi connectivity index (χ4n) is 6.76. The SMILES string of the molecule is Cc1cc(C)c2c(c1)[C@]1(C(=O)N2)[C@@H]2C(=O)N(c3cc(C(F)(F)F)ccc3Cl)C(=O)[C@H]2[C@@H]2CCCN21. The molecule has 2 aromatic rings. The van der Waals surface area contributed by atoms with Gasteiger partial charge in [0.25, 0.3) is 0 Å². The molecule has 6 rings (SSSR count). The van der Waals surface area contributed by atoms with Crippen LogP contribution in [0.3, 0.4) is 0 Å². The highest BCUT2D eigenvalue weighted by atomic mass is 35.5. The zero-order valence-corrected chi connectivity index (χ0v) is 19.6. The summed E-state index contributed by atoms with van der Waals surface area (Å²) in [4.78, 5) is 44.2. The first-order valence-electron chi connectivity index (χ1n) is 11.4. The van der Waals surface area contributed by atoms with Crippen molar-refractivity contribution in [3.63, 3.8) is 0 Å². The number of amides is 3. The number of carbonyl (C=O) groups is 3. The Balaban J connectivity index is 1.56. The van der Waals surface area contributed by atoms with Crippen LogP contribution in [0.4, 0.5) is 24.5 Å². The van der Waals surface area contributed by atoms with Gasteiger partial charge in [0.1, 0.15) is 5.54 Å². The van der Waals surface area contributed by atoms with Gasteiger partial charge in [0, 0.05) is 17.3 Å². The summed E-state index contributed by atoms with van der Waals surface area (Å²) in [6.45, 7) is 4.31. The van der Waals surface area contributed by atoms with Crippen molar-refractivity contribution in [1.29, 1.82) is 0 Å². The van der Waals surface area contributed by atoms with Crippen molar-refractivity contribution in [2.24, 2.45) is 11.8 Å². The molecule has 182 valence electrons. The Morgan fingerprint density at radius 3 is 2.54 bits per heavy atom. The molecule has 6 nitrogen and oxygen atoms in total. The summed E-state index contributed by atoms with van der Waals surface area (Å²) < 4.78 is 40.3. The number of rotatable bonds is 1. The normalized spacial score (nSPS) is 29.7. The average Bonchev–Trinajstić information content (AvgIpc) is 3.47. The van der Waals surface area contributed by atoms with Crippen molar-refractivity contribution in [2.75, 3.05) is 16.8 Å². The number of aryl methyl sites for hydroxylation is 2. The van der Waals surface area contributed by atoms with E-state index >= 15 is 0 Å². The van der Waals surface area contributed by atoms with Crippen LogP contribution in [-0.2, 0) is 26.1 Å². The highest BCUT2D eigenvalue weighted by Gasteiger charge is 2.74. The van der Waals surface area contributed by atoms with Crippen LogP contribution in [0.15, 0.2) is 30.3 Å². The second-order valence-electron chi connectivity index (χ2n) is 9.81. The van der Waals surface area contributed by atoms with Crippen molar-refractivity contribution in [1.82, 2.24) is 4.90 Å². The topological polar surface area (TPSA) is 69.7 Å². The molecule has 35 heavy (non-hydrogen) atoms. The number of alkyl halides is 3. The van der Waals surface area contributed by atoms with Crippen molar-refractivity contribution in [2.45, 2.75) is 44.4 Å². The van der Waals surface area contributed by atoms with E-state index in [-0.39, 0.29) is 22.7 Å². The summed E-state index contributed by atoms with van der Waals surface area (Å²) in [6.07, 6.45) is -3.32. The van der Waals surface area contributed by atoms with Crippen LogP contribution in [0.5, 0.6) is 0 Å². The molecule has 0 radical (unpaired) electrons.